The molecule has 2 aliphatic rings. The van der Waals surface area contributed by atoms with Crippen LogP contribution in [0.15, 0.2) is 145 Å². The smallest absolute Gasteiger partial charge is 0.123 e. The summed E-state index contributed by atoms with van der Waals surface area (Å²) >= 11 is 8.97. The van der Waals surface area contributed by atoms with Crippen molar-refractivity contribution in [3.8, 4) is 46.0 Å². The second-order valence-corrected chi connectivity index (χ2v) is 21.4. The number of hydrogen-bond acceptors (Lipinski definition) is 8. The first-order chi connectivity index (χ1) is 30.7. The summed E-state index contributed by atoms with van der Waals surface area (Å²) in [4.78, 5) is 0. The highest BCUT2D eigenvalue weighted by Crippen LogP contribution is 2.54. The Hall–Kier alpha value is -4.66. The van der Waals surface area contributed by atoms with Gasteiger partial charge in [-0.3, -0.25) is 0 Å². The van der Waals surface area contributed by atoms with Gasteiger partial charge in [0.25, 0.3) is 0 Å². The molecule has 12 heteroatoms. The van der Waals surface area contributed by atoms with Gasteiger partial charge < -0.3 is 40.9 Å². The molecule has 322 valence electrons. The number of fused-ring (bicyclic) bond motifs is 8. The first-order valence-electron chi connectivity index (χ1n) is 20.2. The Morgan fingerprint density at radius 3 is 0.828 bits per heavy atom. The average molecular weight is 1300 g/mol. The largest absolute Gasteiger partial charge is 0.507 e. The lowest BCUT2D eigenvalue weighted by atomic mass is 9.74. The van der Waals surface area contributed by atoms with Gasteiger partial charge in [0.2, 0.25) is 0 Å². The maximum Gasteiger partial charge on any atom is 0.123 e. The number of halogens is 4. The average Bonchev–Trinajstić information content (AvgIpc) is 3.25. The van der Waals surface area contributed by atoms with Crippen LogP contribution in [0.25, 0.3) is 0 Å². The van der Waals surface area contributed by atoms with E-state index in [1.165, 1.54) is 24.3 Å². The standard InChI is InChI=1S/C52H38I4O8/c53-29-9-1-25(2-10-29)49-33-17-35(43(59)21-41(33)57)50(26-3-11-30(54)12-4-26)37-19-39(47(63)23-45(37)61)52(28-7-15-32(56)16-8-28)40-20-38(46(62)24-48(40)64)51(27-5-13-31(55)14-6-27)36-18-34(49)42(58)22-44(36)60/h1-15,17-24,32,49-52,57-64H,16H2. The Kier molecular flexibility index (Phi) is 12.5. The van der Waals surface area contributed by atoms with Crippen LogP contribution in [-0.2, 0) is 0 Å². The number of alkyl halides is 1. The number of benzene rings is 7. The van der Waals surface area contributed by atoms with Crippen LogP contribution in [0, 0.1) is 10.7 Å². The van der Waals surface area contributed by atoms with Gasteiger partial charge in [-0.1, -0.05) is 77.2 Å². The monoisotopic (exact) mass is 1300 g/mol. The molecule has 3 atom stereocenters. The quantitative estimate of drug-likeness (QED) is 0.0638. The first kappa shape index (κ1) is 44.5. The molecule has 8 nitrogen and oxygen atoms in total. The molecule has 2 aliphatic carbocycles. The van der Waals surface area contributed by atoms with Gasteiger partial charge >= 0.3 is 0 Å². The van der Waals surface area contributed by atoms with Gasteiger partial charge in [-0.25, -0.2) is 0 Å². The zero-order valence-electron chi connectivity index (χ0n) is 33.5. The van der Waals surface area contributed by atoms with Crippen molar-refractivity contribution >= 4 is 90.4 Å². The third kappa shape index (κ3) is 8.38. The molecule has 9 rings (SSSR count). The normalized spacial score (nSPS) is 19.2. The van der Waals surface area contributed by atoms with E-state index in [2.05, 4.69) is 90.4 Å². The molecule has 8 N–H and O–H groups in total. The third-order valence-electron chi connectivity index (χ3n) is 12.2. The van der Waals surface area contributed by atoms with E-state index in [4.69, 9.17) is 0 Å². The first-order valence-corrected chi connectivity index (χ1v) is 24.7. The minimum absolute atomic E-state index is 0.192. The third-order valence-corrected chi connectivity index (χ3v) is 15.3. The summed E-state index contributed by atoms with van der Waals surface area (Å²) in [7, 11) is 0. The van der Waals surface area contributed by atoms with Crippen molar-refractivity contribution in [3.63, 3.8) is 0 Å². The molecule has 8 bridgehead atoms. The Morgan fingerprint density at radius 1 is 0.344 bits per heavy atom. The zero-order valence-corrected chi connectivity index (χ0v) is 42.1. The van der Waals surface area contributed by atoms with E-state index in [1.54, 1.807) is 24.3 Å². The van der Waals surface area contributed by atoms with Crippen LogP contribution in [0.5, 0.6) is 46.0 Å². The molecule has 0 spiro atoms. The molecule has 0 heterocycles. The summed E-state index contributed by atoms with van der Waals surface area (Å²) in [5.74, 6) is -5.64. The van der Waals surface area contributed by atoms with Gasteiger partial charge in [0.15, 0.2) is 0 Å². The molecule has 3 unspecified atom stereocenters. The van der Waals surface area contributed by atoms with E-state index in [0.29, 0.717) is 67.6 Å². The highest BCUT2D eigenvalue weighted by molar-refractivity contribution is 14.1. The molecular formula is C52H38I4O8. The van der Waals surface area contributed by atoms with E-state index < -0.39 is 23.7 Å². The lowest BCUT2D eigenvalue weighted by Gasteiger charge is -2.30. The van der Waals surface area contributed by atoms with Crippen LogP contribution in [0.3, 0.4) is 0 Å². The van der Waals surface area contributed by atoms with Crippen LogP contribution in [0.1, 0.15) is 91.3 Å². The van der Waals surface area contributed by atoms with Gasteiger partial charge in [-0.05, 0) is 157 Å². The molecule has 0 radical (unpaired) electrons. The number of hydrogen-bond donors (Lipinski definition) is 8. The predicted octanol–water partition coefficient (Wildman–Crippen LogP) is 12.8. The highest BCUT2D eigenvalue weighted by atomic mass is 127. The van der Waals surface area contributed by atoms with Gasteiger partial charge in [0, 0.05) is 107 Å². The summed E-state index contributed by atoms with van der Waals surface area (Å²) in [5, 5.41) is 95.9. The number of allylic oxidation sites excluding steroid dienone is 4. The van der Waals surface area contributed by atoms with Crippen molar-refractivity contribution in [2.45, 2.75) is 34.0 Å². The van der Waals surface area contributed by atoms with Gasteiger partial charge in [0.05, 0.1) is 0 Å². The molecule has 7 aromatic carbocycles. The number of aromatic hydroxyl groups is 8. The number of rotatable bonds is 4. The number of phenols is 8. The molecule has 7 aromatic rings. The molecule has 0 aliphatic heterocycles. The second-order valence-electron chi connectivity index (χ2n) is 16.1. The summed E-state index contributed by atoms with van der Waals surface area (Å²) in [6.45, 7) is 0. The fourth-order valence-corrected chi connectivity index (χ4v) is 10.7. The van der Waals surface area contributed by atoms with Gasteiger partial charge in [-0.15, -0.1) is 0 Å². The summed E-state index contributed by atoms with van der Waals surface area (Å²) in [6.07, 6.45) is 6.71. The maximum atomic E-state index is 12.0. The van der Waals surface area contributed by atoms with Crippen LogP contribution in [0.2, 0.25) is 0 Å². The van der Waals surface area contributed by atoms with Crippen LogP contribution in [-0.4, -0.2) is 44.8 Å². The molecule has 0 amide bonds. The van der Waals surface area contributed by atoms with Crippen LogP contribution in [0.4, 0.5) is 0 Å². The Bertz CT molecular complexity index is 2860. The SMILES string of the molecule is Oc1cc(O)c2cc1C(C1=CCC(I)C=C1)c1cc(c(O)cc1O)C(c1ccc(I)cc1)c1cc(c(O)cc1O)C(c1ccc(I)cc1)c1cc(c(O)cc1O)C2c1ccc(I)cc1. The summed E-state index contributed by atoms with van der Waals surface area (Å²) < 4.78 is 3.04. The fraction of sp³-hybridized carbons (Fsp3) is 0.115. The van der Waals surface area contributed by atoms with Crippen molar-refractivity contribution < 1.29 is 40.9 Å². The van der Waals surface area contributed by atoms with E-state index in [1.807, 2.05) is 91.0 Å². The fourth-order valence-electron chi connectivity index (χ4n) is 9.19. The lowest BCUT2D eigenvalue weighted by Crippen LogP contribution is -2.13. The molecule has 0 aromatic heterocycles. The van der Waals surface area contributed by atoms with E-state index >= 15 is 0 Å². The Morgan fingerprint density at radius 2 is 0.594 bits per heavy atom. The van der Waals surface area contributed by atoms with E-state index in [0.717, 1.165) is 16.3 Å². The van der Waals surface area contributed by atoms with Crippen molar-refractivity contribution in [1.82, 2.24) is 0 Å². The van der Waals surface area contributed by atoms with Gasteiger partial charge in [0.1, 0.15) is 46.0 Å². The molecule has 64 heavy (non-hydrogen) atoms. The highest BCUT2D eigenvalue weighted by Gasteiger charge is 2.35. The maximum absolute atomic E-state index is 12.0. The lowest BCUT2D eigenvalue weighted by molar-refractivity contribution is 0.431. The van der Waals surface area contributed by atoms with Crippen LogP contribution >= 0.6 is 90.4 Å². The van der Waals surface area contributed by atoms with Crippen molar-refractivity contribution in [3.05, 3.63) is 217 Å². The molecule has 0 saturated heterocycles. The summed E-state index contributed by atoms with van der Waals surface area (Å²) in [6, 6.07) is 34.7. The minimum Gasteiger partial charge on any atom is -0.507 e. The topological polar surface area (TPSA) is 162 Å². The van der Waals surface area contributed by atoms with Gasteiger partial charge in [-0.2, -0.15) is 0 Å². The predicted molar refractivity (Wildman–Crippen MR) is 281 cm³/mol. The van der Waals surface area contributed by atoms with E-state index in [-0.39, 0.29) is 49.9 Å². The van der Waals surface area contributed by atoms with E-state index in [9.17, 15) is 40.9 Å². The molecule has 0 saturated carbocycles. The van der Waals surface area contributed by atoms with Crippen molar-refractivity contribution in [1.29, 1.82) is 0 Å². The Labute approximate surface area is 423 Å². The molecule has 0 fully saturated rings. The number of phenolic OH excluding ortho intramolecular Hbond substituents is 8. The molecular weight excluding hydrogens is 1260 g/mol. The summed E-state index contributed by atoms with van der Waals surface area (Å²) in [5.41, 5.74) is 5.34. The van der Waals surface area contributed by atoms with Crippen molar-refractivity contribution in [2.24, 2.45) is 0 Å². The minimum atomic E-state index is -0.901. The van der Waals surface area contributed by atoms with Crippen molar-refractivity contribution in [2.75, 3.05) is 0 Å². The Balaban J connectivity index is 1.47. The zero-order chi connectivity index (χ0) is 45.1. The second kappa shape index (κ2) is 18.0. The van der Waals surface area contributed by atoms with Crippen LogP contribution < -0.4 is 0 Å².